The van der Waals surface area contributed by atoms with Crippen LogP contribution in [0.5, 0.6) is 0 Å². The van der Waals surface area contributed by atoms with Crippen molar-refractivity contribution in [1.29, 1.82) is 0 Å². The van der Waals surface area contributed by atoms with E-state index in [1.54, 1.807) is 35.2 Å². The largest absolute Gasteiger partial charge is 0.449 e. The second-order valence-corrected chi connectivity index (χ2v) is 12.5. The summed E-state index contributed by atoms with van der Waals surface area (Å²) in [6, 6.07) is 6.16. The molecule has 3 aromatic rings. The number of carbonyl (C=O) groups excluding carboxylic acids is 3. The molecule has 1 saturated heterocycles. The van der Waals surface area contributed by atoms with E-state index in [1.165, 1.54) is 0 Å². The Morgan fingerprint density at radius 1 is 0.960 bits per heavy atom. The van der Waals surface area contributed by atoms with Gasteiger partial charge in [-0.05, 0) is 80.8 Å². The summed E-state index contributed by atoms with van der Waals surface area (Å²) >= 11 is 0. The number of halogens is 6. The molecule has 0 radical (unpaired) electrons. The van der Waals surface area contributed by atoms with Crippen molar-refractivity contribution in [2.24, 2.45) is 5.92 Å². The molecule has 0 aliphatic carbocycles. The van der Waals surface area contributed by atoms with Gasteiger partial charge in [0.2, 0.25) is 5.95 Å². The molecular formula is C35H39F6N5O4. The third kappa shape index (κ3) is 8.92. The van der Waals surface area contributed by atoms with Crippen molar-refractivity contribution in [3.05, 3.63) is 76.6 Å². The fourth-order valence-corrected chi connectivity index (χ4v) is 6.45. The Morgan fingerprint density at radius 2 is 1.54 bits per heavy atom. The number of benzene rings is 2. The first-order valence-electron chi connectivity index (χ1n) is 16.3. The van der Waals surface area contributed by atoms with Crippen molar-refractivity contribution < 1.29 is 45.5 Å². The van der Waals surface area contributed by atoms with Crippen LogP contribution in [0.4, 0.5) is 48.5 Å². The maximum Gasteiger partial charge on any atom is 0.416 e. The van der Waals surface area contributed by atoms with Crippen LogP contribution in [0.3, 0.4) is 0 Å². The van der Waals surface area contributed by atoms with Gasteiger partial charge in [0.25, 0.3) is 0 Å². The Balaban J connectivity index is 0.00000181. The van der Waals surface area contributed by atoms with E-state index < -0.39 is 35.6 Å². The second kappa shape index (κ2) is 15.9. The maximum atomic E-state index is 13.9. The van der Waals surface area contributed by atoms with Crippen LogP contribution in [0.1, 0.15) is 80.3 Å². The van der Waals surface area contributed by atoms with Crippen molar-refractivity contribution in [3.8, 4) is 0 Å². The number of aryl methyl sites for hydroxylation is 1. The van der Waals surface area contributed by atoms with Crippen LogP contribution in [-0.4, -0.2) is 48.0 Å². The van der Waals surface area contributed by atoms with E-state index in [1.807, 2.05) is 26.0 Å². The average molecular weight is 708 g/mol. The highest BCUT2D eigenvalue weighted by molar-refractivity contribution is 5.90. The number of fused-ring (bicyclic) bond motifs is 1. The smallest absolute Gasteiger partial charge is 0.416 e. The molecule has 5 rings (SSSR count). The highest BCUT2D eigenvalue weighted by Gasteiger charge is 2.41. The minimum absolute atomic E-state index is 0.127. The van der Waals surface area contributed by atoms with Gasteiger partial charge in [0.15, 0.2) is 0 Å². The van der Waals surface area contributed by atoms with Crippen molar-refractivity contribution >= 4 is 29.6 Å². The normalized spacial score (nSPS) is 18.0. The SMILES string of the molecule is CCOC(=O)N1c2ccc(C)cc2[C@@H](N(Cc2cc(C(F)(F)F)cc(C(F)(F)F)c2)c2ncc(N3CCC(C)CC3)cn2)C[C@H]1CC.O=C=O. The fraction of sp³-hybridized carbons (Fsp3) is 0.486. The van der Waals surface area contributed by atoms with Crippen LogP contribution in [0, 0.1) is 12.8 Å². The number of hydrogen-bond donors (Lipinski definition) is 0. The lowest BCUT2D eigenvalue weighted by Gasteiger charge is -2.44. The summed E-state index contributed by atoms with van der Waals surface area (Å²) in [5, 5.41) is 0. The van der Waals surface area contributed by atoms with Gasteiger partial charge >= 0.3 is 24.6 Å². The van der Waals surface area contributed by atoms with Crippen molar-refractivity contribution in [2.75, 3.05) is 34.4 Å². The van der Waals surface area contributed by atoms with Gasteiger partial charge in [0, 0.05) is 25.7 Å². The summed E-state index contributed by atoms with van der Waals surface area (Å²) in [7, 11) is 0. The van der Waals surface area contributed by atoms with Gasteiger partial charge < -0.3 is 14.5 Å². The summed E-state index contributed by atoms with van der Waals surface area (Å²) in [6.45, 7) is 9.16. The molecule has 9 nitrogen and oxygen atoms in total. The molecule has 2 aliphatic heterocycles. The van der Waals surface area contributed by atoms with Gasteiger partial charge in [0.1, 0.15) is 0 Å². The number of anilines is 3. The quantitative estimate of drug-likeness (QED) is 0.226. The lowest BCUT2D eigenvalue weighted by Crippen LogP contribution is -2.48. The van der Waals surface area contributed by atoms with Gasteiger partial charge in [-0.3, -0.25) is 4.90 Å². The van der Waals surface area contributed by atoms with E-state index >= 15 is 0 Å². The number of ether oxygens (including phenoxy) is 1. The lowest BCUT2D eigenvalue weighted by molar-refractivity contribution is -0.191. The molecule has 0 unspecified atom stereocenters. The van der Waals surface area contributed by atoms with Crippen molar-refractivity contribution in [2.45, 2.75) is 84.4 Å². The molecule has 0 spiro atoms. The minimum Gasteiger partial charge on any atom is -0.449 e. The van der Waals surface area contributed by atoms with Crippen LogP contribution in [-0.2, 0) is 33.2 Å². The predicted octanol–water partition coefficient (Wildman–Crippen LogP) is 8.37. The Hall–Kier alpha value is -4.65. The Kier molecular flexibility index (Phi) is 12.2. The zero-order chi connectivity index (χ0) is 36.8. The molecule has 15 heteroatoms. The summed E-state index contributed by atoms with van der Waals surface area (Å²) in [4.78, 5) is 44.1. The van der Waals surface area contributed by atoms with Gasteiger partial charge in [-0.25, -0.2) is 14.8 Å². The third-order valence-electron chi connectivity index (χ3n) is 9.00. The predicted molar refractivity (Wildman–Crippen MR) is 172 cm³/mol. The zero-order valence-corrected chi connectivity index (χ0v) is 28.1. The lowest BCUT2D eigenvalue weighted by atomic mass is 9.87. The summed E-state index contributed by atoms with van der Waals surface area (Å²) in [5.74, 6) is 0.758. The number of piperidine rings is 1. The molecule has 0 bridgehead atoms. The highest BCUT2D eigenvalue weighted by Crippen LogP contribution is 2.44. The first-order chi connectivity index (χ1) is 23.6. The molecular weight excluding hydrogens is 668 g/mol. The summed E-state index contributed by atoms with van der Waals surface area (Å²) < 4.78 is 88.5. The van der Waals surface area contributed by atoms with E-state index in [4.69, 9.17) is 14.3 Å². The molecule has 0 N–H and O–H groups in total. The van der Waals surface area contributed by atoms with E-state index in [9.17, 15) is 31.1 Å². The molecule has 3 heterocycles. The molecule has 1 amide bonds. The number of amides is 1. The molecule has 2 atom stereocenters. The van der Waals surface area contributed by atoms with E-state index in [-0.39, 0.29) is 42.9 Å². The molecule has 1 aromatic heterocycles. The first-order valence-corrected chi connectivity index (χ1v) is 16.3. The molecule has 1 fully saturated rings. The first kappa shape index (κ1) is 38.2. The number of alkyl halides is 6. The molecule has 270 valence electrons. The monoisotopic (exact) mass is 707 g/mol. The van der Waals surface area contributed by atoms with Crippen molar-refractivity contribution in [1.82, 2.24) is 9.97 Å². The van der Waals surface area contributed by atoms with Gasteiger partial charge in [0.05, 0.1) is 47.5 Å². The van der Waals surface area contributed by atoms with Gasteiger partial charge in [-0.1, -0.05) is 31.5 Å². The van der Waals surface area contributed by atoms with E-state index in [0.717, 1.165) is 49.3 Å². The van der Waals surface area contributed by atoms with Crippen LogP contribution in [0.25, 0.3) is 0 Å². The Labute approximate surface area is 286 Å². The third-order valence-corrected chi connectivity index (χ3v) is 9.00. The minimum atomic E-state index is -4.99. The zero-order valence-electron chi connectivity index (χ0n) is 28.1. The van der Waals surface area contributed by atoms with Crippen LogP contribution in [0.15, 0.2) is 48.8 Å². The van der Waals surface area contributed by atoms with Crippen LogP contribution < -0.4 is 14.7 Å². The maximum absolute atomic E-state index is 13.9. The summed E-state index contributed by atoms with van der Waals surface area (Å²) in [6.07, 6.45) is -4.10. The average Bonchev–Trinajstić information content (AvgIpc) is 3.06. The van der Waals surface area contributed by atoms with Crippen LogP contribution in [0.2, 0.25) is 0 Å². The number of rotatable bonds is 7. The molecule has 2 aromatic carbocycles. The second-order valence-electron chi connectivity index (χ2n) is 12.5. The number of carbonyl (C=O) groups is 1. The molecule has 0 saturated carbocycles. The van der Waals surface area contributed by atoms with Crippen molar-refractivity contribution in [3.63, 3.8) is 0 Å². The highest BCUT2D eigenvalue weighted by atomic mass is 19.4. The Bertz CT molecular complexity index is 1620. The van der Waals surface area contributed by atoms with E-state index in [2.05, 4.69) is 21.8 Å². The molecule has 2 aliphatic rings. The fourth-order valence-electron chi connectivity index (χ4n) is 6.45. The topological polar surface area (TPSA) is 95.9 Å². The molecule has 50 heavy (non-hydrogen) atoms. The summed E-state index contributed by atoms with van der Waals surface area (Å²) in [5.41, 5.74) is -0.0970. The Morgan fingerprint density at radius 3 is 2.06 bits per heavy atom. The number of nitrogens with zero attached hydrogens (tertiary/aromatic N) is 5. The number of aromatic nitrogens is 2. The van der Waals surface area contributed by atoms with Crippen LogP contribution >= 0.6 is 0 Å². The standard InChI is InChI=1S/C34H39F6N5O2.CO2/c1-5-26-17-30(28-13-22(4)7-8-29(28)45(26)32(46)47-6-2)44(31-41-18-27(19-42-31)43-11-9-21(3)10-12-43)20-23-14-24(33(35,36)37)16-25(15-23)34(38,39)40;2-1-3/h7-8,13-16,18-19,21,26,30H,5-6,9-12,17,20H2,1-4H3;/t26-,30+;/m1./s1. The number of hydrogen-bond acceptors (Lipinski definition) is 8. The van der Waals surface area contributed by atoms with Gasteiger partial charge in [-0.15, -0.1) is 0 Å². The van der Waals surface area contributed by atoms with Gasteiger partial charge in [-0.2, -0.15) is 35.9 Å². The van der Waals surface area contributed by atoms with E-state index in [0.29, 0.717) is 30.0 Å².